The van der Waals surface area contributed by atoms with E-state index >= 15 is 0 Å². The van der Waals surface area contributed by atoms with Crippen LogP contribution in [0.25, 0.3) is 0 Å². The average Bonchev–Trinajstić information content (AvgIpc) is 3.09. The summed E-state index contributed by atoms with van der Waals surface area (Å²) in [5, 5.41) is 4.18. The Labute approximate surface area is 129 Å². The van der Waals surface area contributed by atoms with Crippen LogP contribution in [0, 0.1) is 0 Å². The van der Waals surface area contributed by atoms with Gasteiger partial charge in [0, 0.05) is 12.4 Å². The van der Waals surface area contributed by atoms with Crippen LogP contribution in [0.15, 0.2) is 85.7 Å². The van der Waals surface area contributed by atoms with Crippen molar-refractivity contribution in [3.63, 3.8) is 0 Å². The molecular formula is C18H16N2O2. The van der Waals surface area contributed by atoms with Gasteiger partial charge in [0.15, 0.2) is 11.5 Å². The molecule has 1 atom stereocenters. The Kier molecular flexibility index (Phi) is 4.20. The van der Waals surface area contributed by atoms with Gasteiger partial charge in [0.2, 0.25) is 6.23 Å². The van der Waals surface area contributed by atoms with Crippen LogP contribution < -0.4 is 9.47 Å². The van der Waals surface area contributed by atoms with Crippen molar-refractivity contribution in [3.05, 3.63) is 85.7 Å². The zero-order valence-corrected chi connectivity index (χ0v) is 12.0. The summed E-state index contributed by atoms with van der Waals surface area (Å²) in [5.74, 6) is 2.03. The average molecular weight is 292 g/mol. The monoisotopic (exact) mass is 292 g/mol. The SMILES string of the molecule is C=CC(Oc1ccccc1Oc1ccccc1)n1cccn1. The second-order valence-electron chi connectivity index (χ2n) is 4.59. The minimum Gasteiger partial charge on any atom is -0.461 e. The molecule has 0 aliphatic heterocycles. The molecule has 110 valence electrons. The number of nitrogens with zero attached hydrogens (tertiary/aromatic N) is 2. The molecule has 0 radical (unpaired) electrons. The van der Waals surface area contributed by atoms with Gasteiger partial charge in [-0.1, -0.05) is 36.9 Å². The van der Waals surface area contributed by atoms with Gasteiger partial charge in [-0.3, -0.25) is 0 Å². The van der Waals surface area contributed by atoms with Crippen molar-refractivity contribution < 1.29 is 9.47 Å². The summed E-state index contributed by atoms with van der Waals surface area (Å²) in [6.07, 6.45) is 4.82. The first-order chi connectivity index (χ1) is 10.9. The highest BCUT2D eigenvalue weighted by atomic mass is 16.5. The van der Waals surface area contributed by atoms with E-state index in [1.807, 2.05) is 66.9 Å². The third-order valence-corrected chi connectivity index (χ3v) is 3.06. The largest absolute Gasteiger partial charge is 0.461 e. The Morgan fingerprint density at radius 2 is 1.68 bits per heavy atom. The van der Waals surface area contributed by atoms with E-state index in [9.17, 15) is 0 Å². The number of hydrogen-bond acceptors (Lipinski definition) is 3. The van der Waals surface area contributed by atoms with Crippen LogP contribution >= 0.6 is 0 Å². The van der Waals surface area contributed by atoms with Gasteiger partial charge in [-0.15, -0.1) is 0 Å². The Bertz CT molecular complexity index is 724. The van der Waals surface area contributed by atoms with Crippen LogP contribution in [0.3, 0.4) is 0 Å². The molecule has 0 saturated carbocycles. The van der Waals surface area contributed by atoms with Gasteiger partial charge in [-0.2, -0.15) is 5.10 Å². The van der Waals surface area contributed by atoms with Crippen LogP contribution in [0.1, 0.15) is 6.23 Å². The van der Waals surface area contributed by atoms with Gasteiger partial charge in [-0.25, -0.2) is 4.68 Å². The zero-order chi connectivity index (χ0) is 15.2. The van der Waals surface area contributed by atoms with Crippen LogP contribution in [-0.4, -0.2) is 9.78 Å². The predicted molar refractivity (Wildman–Crippen MR) is 85.0 cm³/mol. The van der Waals surface area contributed by atoms with Crippen molar-refractivity contribution in [1.29, 1.82) is 0 Å². The number of hydrogen-bond donors (Lipinski definition) is 0. The van der Waals surface area contributed by atoms with Gasteiger partial charge >= 0.3 is 0 Å². The number of aromatic nitrogens is 2. The van der Waals surface area contributed by atoms with Crippen LogP contribution in [-0.2, 0) is 0 Å². The van der Waals surface area contributed by atoms with E-state index in [1.54, 1.807) is 17.0 Å². The fraction of sp³-hybridized carbons (Fsp3) is 0.0556. The lowest BCUT2D eigenvalue weighted by Crippen LogP contribution is -2.14. The molecule has 0 bridgehead atoms. The summed E-state index contributed by atoms with van der Waals surface area (Å²) >= 11 is 0. The molecule has 22 heavy (non-hydrogen) atoms. The molecule has 0 aliphatic rings. The van der Waals surface area contributed by atoms with Gasteiger partial charge in [0.1, 0.15) is 5.75 Å². The normalized spacial score (nSPS) is 11.6. The summed E-state index contributed by atoms with van der Waals surface area (Å²) < 4.78 is 13.5. The first kappa shape index (κ1) is 13.9. The summed E-state index contributed by atoms with van der Waals surface area (Å²) in [6.45, 7) is 3.80. The highest BCUT2D eigenvalue weighted by Crippen LogP contribution is 2.33. The molecule has 0 fully saturated rings. The maximum atomic E-state index is 5.97. The number of para-hydroxylation sites is 3. The highest BCUT2D eigenvalue weighted by Gasteiger charge is 2.12. The second kappa shape index (κ2) is 6.63. The van der Waals surface area contributed by atoms with Gasteiger partial charge in [0.05, 0.1) is 0 Å². The Balaban J connectivity index is 1.83. The quantitative estimate of drug-likeness (QED) is 0.630. The van der Waals surface area contributed by atoms with E-state index in [0.29, 0.717) is 11.5 Å². The second-order valence-corrected chi connectivity index (χ2v) is 4.59. The van der Waals surface area contributed by atoms with E-state index in [4.69, 9.17) is 9.47 Å². The van der Waals surface area contributed by atoms with Crippen molar-refractivity contribution in [2.75, 3.05) is 0 Å². The maximum Gasteiger partial charge on any atom is 0.210 e. The molecule has 1 unspecified atom stereocenters. The smallest absolute Gasteiger partial charge is 0.210 e. The topological polar surface area (TPSA) is 36.3 Å². The summed E-state index contributed by atoms with van der Waals surface area (Å²) in [7, 11) is 0. The van der Waals surface area contributed by atoms with Crippen LogP contribution in [0.2, 0.25) is 0 Å². The molecule has 1 aromatic heterocycles. The first-order valence-electron chi connectivity index (χ1n) is 6.97. The van der Waals surface area contributed by atoms with E-state index < -0.39 is 6.23 Å². The van der Waals surface area contributed by atoms with Gasteiger partial charge < -0.3 is 9.47 Å². The van der Waals surface area contributed by atoms with Crippen molar-refractivity contribution >= 4 is 0 Å². The van der Waals surface area contributed by atoms with Gasteiger partial charge in [0.25, 0.3) is 0 Å². The molecule has 4 nitrogen and oxygen atoms in total. The molecular weight excluding hydrogens is 276 g/mol. The number of rotatable bonds is 6. The molecule has 0 amide bonds. The highest BCUT2D eigenvalue weighted by molar-refractivity contribution is 5.42. The van der Waals surface area contributed by atoms with E-state index in [0.717, 1.165) is 5.75 Å². The molecule has 3 aromatic rings. The Morgan fingerprint density at radius 3 is 2.36 bits per heavy atom. The van der Waals surface area contributed by atoms with Crippen molar-refractivity contribution in [2.45, 2.75) is 6.23 Å². The zero-order valence-electron chi connectivity index (χ0n) is 12.0. The van der Waals surface area contributed by atoms with E-state index in [1.165, 1.54) is 0 Å². The molecule has 4 heteroatoms. The fourth-order valence-electron chi connectivity index (χ4n) is 2.02. The minimum atomic E-state index is -0.393. The summed E-state index contributed by atoms with van der Waals surface area (Å²) in [5.41, 5.74) is 0. The van der Waals surface area contributed by atoms with Gasteiger partial charge in [-0.05, 0) is 36.4 Å². The molecule has 1 heterocycles. The molecule has 0 aliphatic carbocycles. The fourth-order valence-corrected chi connectivity index (χ4v) is 2.02. The third kappa shape index (κ3) is 3.17. The number of ether oxygens (including phenoxy) is 2. The van der Waals surface area contributed by atoms with Crippen molar-refractivity contribution in [3.8, 4) is 17.2 Å². The lowest BCUT2D eigenvalue weighted by atomic mass is 10.3. The van der Waals surface area contributed by atoms with Crippen molar-refractivity contribution in [2.24, 2.45) is 0 Å². The van der Waals surface area contributed by atoms with E-state index in [-0.39, 0.29) is 0 Å². The molecule has 3 rings (SSSR count). The molecule has 2 aromatic carbocycles. The number of benzene rings is 2. The standard InChI is InChI=1S/C18H16N2O2/c1-2-18(20-14-8-13-19-20)22-17-12-7-6-11-16(17)21-15-9-4-3-5-10-15/h2-14,18H,1H2. The van der Waals surface area contributed by atoms with Crippen LogP contribution in [0.4, 0.5) is 0 Å². The first-order valence-corrected chi connectivity index (χ1v) is 6.97. The lowest BCUT2D eigenvalue weighted by Gasteiger charge is -2.18. The Hall–Kier alpha value is -3.01. The van der Waals surface area contributed by atoms with Crippen LogP contribution in [0.5, 0.6) is 17.2 Å². The summed E-state index contributed by atoms with van der Waals surface area (Å²) in [6, 6.07) is 19.0. The molecule has 0 saturated heterocycles. The lowest BCUT2D eigenvalue weighted by molar-refractivity contribution is 0.162. The Morgan fingerprint density at radius 1 is 0.955 bits per heavy atom. The molecule has 0 N–H and O–H groups in total. The third-order valence-electron chi connectivity index (χ3n) is 3.06. The minimum absolute atomic E-state index is 0.393. The predicted octanol–water partition coefficient (Wildman–Crippen LogP) is 4.44. The molecule has 0 spiro atoms. The maximum absolute atomic E-state index is 5.97. The summed E-state index contributed by atoms with van der Waals surface area (Å²) in [4.78, 5) is 0. The van der Waals surface area contributed by atoms with E-state index in [2.05, 4.69) is 11.7 Å². The van der Waals surface area contributed by atoms with Crippen molar-refractivity contribution in [1.82, 2.24) is 9.78 Å².